The van der Waals surface area contributed by atoms with Gasteiger partial charge in [-0.25, -0.2) is 4.98 Å². The lowest BCUT2D eigenvalue weighted by Crippen LogP contribution is -2.41. The standard InChI is InChI=1S/C11H20N4O/c1-11(2,10(12)16)8-13-5-4-9-14-6-7-15(9)3/h6-7,13H,4-5,8H2,1-3H3,(H2,12,16). The number of nitrogens with one attached hydrogen (secondary N) is 1. The van der Waals surface area contributed by atoms with Crippen molar-refractivity contribution in [2.24, 2.45) is 18.2 Å². The molecule has 1 aromatic heterocycles. The minimum absolute atomic E-state index is 0.281. The largest absolute Gasteiger partial charge is 0.369 e. The van der Waals surface area contributed by atoms with Crippen LogP contribution in [-0.4, -0.2) is 28.5 Å². The summed E-state index contributed by atoms with van der Waals surface area (Å²) in [4.78, 5) is 15.3. The Morgan fingerprint density at radius 3 is 2.81 bits per heavy atom. The minimum atomic E-state index is -0.498. The third kappa shape index (κ3) is 3.34. The Balaban J connectivity index is 2.27. The number of aryl methyl sites for hydroxylation is 1. The van der Waals surface area contributed by atoms with Crippen LogP contribution in [-0.2, 0) is 18.3 Å². The van der Waals surface area contributed by atoms with Crippen molar-refractivity contribution in [2.75, 3.05) is 13.1 Å². The molecule has 1 aromatic rings. The number of imidazole rings is 1. The van der Waals surface area contributed by atoms with E-state index in [4.69, 9.17) is 5.73 Å². The Kier molecular flexibility index (Phi) is 4.06. The number of hydrogen-bond donors (Lipinski definition) is 2. The summed E-state index contributed by atoms with van der Waals surface area (Å²) in [5, 5.41) is 3.22. The number of primary amides is 1. The minimum Gasteiger partial charge on any atom is -0.369 e. The van der Waals surface area contributed by atoms with Gasteiger partial charge in [-0.2, -0.15) is 0 Å². The van der Waals surface area contributed by atoms with Crippen LogP contribution < -0.4 is 11.1 Å². The van der Waals surface area contributed by atoms with Gasteiger partial charge in [0, 0.05) is 39.0 Å². The second-order valence-corrected chi connectivity index (χ2v) is 4.63. The van der Waals surface area contributed by atoms with E-state index in [0.717, 1.165) is 18.8 Å². The number of nitrogens with zero attached hydrogens (tertiary/aromatic N) is 2. The predicted octanol–water partition coefficient (Wildman–Crippen LogP) is 0.0637. The van der Waals surface area contributed by atoms with E-state index in [9.17, 15) is 4.79 Å². The van der Waals surface area contributed by atoms with Crippen LogP contribution in [0.5, 0.6) is 0 Å². The maximum atomic E-state index is 11.1. The van der Waals surface area contributed by atoms with Crippen molar-refractivity contribution in [3.63, 3.8) is 0 Å². The SMILES string of the molecule is Cn1ccnc1CCNCC(C)(C)C(N)=O. The molecule has 5 heteroatoms. The van der Waals surface area contributed by atoms with Gasteiger partial charge in [-0.3, -0.25) is 4.79 Å². The lowest BCUT2D eigenvalue weighted by atomic mass is 9.93. The second kappa shape index (κ2) is 5.12. The zero-order valence-corrected chi connectivity index (χ0v) is 10.2. The molecule has 0 aliphatic heterocycles. The summed E-state index contributed by atoms with van der Waals surface area (Å²) in [6, 6.07) is 0. The predicted molar refractivity (Wildman–Crippen MR) is 62.8 cm³/mol. The van der Waals surface area contributed by atoms with Gasteiger partial charge in [-0.15, -0.1) is 0 Å². The molecule has 0 atom stereocenters. The van der Waals surface area contributed by atoms with Gasteiger partial charge in [0.25, 0.3) is 0 Å². The molecule has 1 heterocycles. The maximum Gasteiger partial charge on any atom is 0.224 e. The number of hydrogen-bond acceptors (Lipinski definition) is 3. The molecular weight excluding hydrogens is 204 g/mol. The Morgan fingerprint density at radius 2 is 2.31 bits per heavy atom. The molecule has 0 aromatic carbocycles. The van der Waals surface area contributed by atoms with E-state index in [1.165, 1.54) is 0 Å². The molecule has 5 nitrogen and oxygen atoms in total. The molecule has 16 heavy (non-hydrogen) atoms. The lowest BCUT2D eigenvalue weighted by Gasteiger charge is -2.20. The van der Waals surface area contributed by atoms with Gasteiger partial charge in [0.1, 0.15) is 5.82 Å². The first-order chi connectivity index (χ1) is 7.43. The van der Waals surface area contributed by atoms with Gasteiger partial charge in [-0.05, 0) is 13.8 Å². The van der Waals surface area contributed by atoms with Gasteiger partial charge in [0.2, 0.25) is 5.91 Å². The monoisotopic (exact) mass is 224 g/mol. The summed E-state index contributed by atoms with van der Waals surface area (Å²) in [5.41, 5.74) is 4.78. The first-order valence-corrected chi connectivity index (χ1v) is 5.40. The van der Waals surface area contributed by atoms with E-state index in [2.05, 4.69) is 10.3 Å². The number of nitrogens with two attached hydrogens (primary N) is 1. The van der Waals surface area contributed by atoms with E-state index < -0.39 is 5.41 Å². The van der Waals surface area contributed by atoms with E-state index in [1.54, 1.807) is 6.20 Å². The summed E-state index contributed by atoms with van der Waals surface area (Å²) in [5.74, 6) is 0.751. The van der Waals surface area contributed by atoms with Crippen molar-refractivity contribution < 1.29 is 4.79 Å². The van der Waals surface area contributed by atoms with Crippen LogP contribution >= 0.6 is 0 Å². The lowest BCUT2D eigenvalue weighted by molar-refractivity contribution is -0.125. The van der Waals surface area contributed by atoms with Crippen LogP contribution in [0.2, 0.25) is 0 Å². The molecule has 0 unspecified atom stereocenters. The first-order valence-electron chi connectivity index (χ1n) is 5.40. The normalized spacial score (nSPS) is 11.7. The third-order valence-corrected chi connectivity index (χ3v) is 2.68. The smallest absolute Gasteiger partial charge is 0.224 e. The summed E-state index contributed by atoms with van der Waals surface area (Å²) in [6.45, 7) is 5.06. The van der Waals surface area contributed by atoms with Gasteiger partial charge >= 0.3 is 0 Å². The van der Waals surface area contributed by atoms with E-state index in [-0.39, 0.29) is 5.91 Å². The molecule has 0 fully saturated rings. The number of amides is 1. The van der Waals surface area contributed by atoms with Crippen LogP contribution in [0.15, 0.2) is 12.4 Å². The fourth-order valence-electron chi connectivity index (χ4n) is 1.33. The molecule has 90 valence electrons. The molecule has 0 saturated carbocycles. The quantitative estimate of drug-likeness (QED) is 0.671. The Bertz CT molecular complexity index is 357. The molecule has 0 spiro atoms. The van der Waals surface area contributed by atoms with Crippen LogP contribution in [0.4, 0.5) is 0 Å². The van der Waals surface area contributed by atoms with Crippen LogP contribution in [0.3, 0.4) is 0 Å². The van der Waals surface area contributed by atoms with Gasteiger partial charge in [0.15, 0.2) is 0 Å². The number of carbonyl (C=O) groups is 1. The summed E-state index contributed by atoms with van der Waals surface area (Å²) in [7, 11) is 1.97. The maximum absolute atomic E-state index is 11.1. The van der Waals surface area contributed by atoms with Crippen molar-refractivity contribution in [1.82, 2.24) is 14.9 Å². The van der Waals surface area contributed by atoms with Crippen molar-refractivity contribution in [2.45, 2.75) is 20.3 Å². The molecule has 0 aliphatic carbocycles. The molecule has 1 rings (SSSR count). The highest BCUT2D eigenvalue weighted by Gasteiger charge is 2.23. The van der Waals surface area contributed by atoms with E-state index >= 15 is 0 Å². The highest BCUT2D eigenvalue weighted by atomic mass is 16.1. The second-order valence-electron chi connectivity index (χ2n) is 4.63. The Morgan fingerprint density at radius 1 is 1.62 bits per heavy atom. The van der Waals surface area contributed by atoms with Crippen LogP contribution in [0.1, 0.15) is 19.7 Å². The fraction of sp³-hybridized carbons (Fsp3) is 0.636. The summed E-state index contributed by atoms with van der Waals surface area (Å²) >= 11 is 0. The fourth-order valence-corrected chi connectivity index (χ4v) is 1.33. The summed E-state index contributed by atoms with van der Waals surface area (Å²) in [6.07, 6.45) is 4.55. The van der Waals surface area contributed by atoms with Crippen molar-refractivity contribution in [3.8, 4) is 0 Å². The molecule has 0 bridgehead atoms. The third-order valence-electron chi connectivity index (χ3n) is 2.68. The topological polar surface area (TPSA) is 72.9 Å². The van der Waals surface area contributed by atoms with Crippen molar-refractivity contribution in [1.29, 1.82) is 0 Å². The molecule has 3 N–H and O–H groups in total. The first kappa shape index (κ1) is 12.7. The Hall–Kier alpha value is -1.36. The Labute approximate surface area is 96.0 Å². The average molecular weight is 224 g/mol. The molecule has 0 radical (unpaired) electrons. The zero-order valence-electron chi connectivity index (χ0n) is 10.2. The van der Waals surface area contributed by atoms with Gasteiger partial charge < -0.3 is 15.6 Å². The van der Waals surface area contributed by atoms with Crippen LogP contribution in [0, 0.1) is 5.41 Å². The number of carbonyl (C=O) groups excluding carboxylic acids is 1. The highest BCUT2D eigenvalue weighted by molar-refractivity contribution is 5.80. The summed E-state index contributed by atoms with van der Waals surface area (Å²) < 4.78 is 1.99. The van der Waals surface area contributed by atoms with Gasteiger partial charge in [-0.1, -0.05) is 0 Å². The van der Waals surface area contributed by atoms with E-state index in [0.29, 0.717) is 6.54 Å². The number of aromatic nitrogens is 2. The zero-order chi connectivity index (χ0) is 12.2. The van der Waals surface area contributed by atoms with Crippen molar-refractivity contribution >= 4 is 5.91 Å². The molecule has 0 saturated heterocycles. The van der Waals surface area contributed by atoms with E-state index in [1.807, 2.05) is 31.7 Å². The average Bonchev–Trinajstić information content (AvgIpc) is 2.59. The van der Waals surface area contributed by atoms with Crippen molar-refractivity contribution in [3.05, 3.63) is 18.2 Å². The van der Waals surface area contributed by atoms with Gasteiger partial charge in [0.05, 0.1) is 5.41 Å². The molecular formula is C11H20N4O. The molecule has 0 aliphatic rings. The molecule has 1 amide bonds. The highest BCUT2D eigenvalue weighted by Crippen LogP contribution is 2.11. The number of rotatable bonds is 6. The van der Waals surface area contributed by atoms with Crippen LogP contribution in [0.25, 0.3) is 0 Å².